The second kappa shape index (κ2) is 7.23. The summed E-state index contributed by atoms with van der Waals surface area (Å²) >= 11 is 0. The molecule has 3 N–H and O–H groups in total. The standard InChI is InChI=1S/C19H17F2N7O2S/c1-9-15(21)7-13-16(26-27-18(13)24-9)14-8-23-19(25-17(14)22)28(2)11-4-10(20)5-12(6-11)31(3,29)30/h4-8H,1-3H3,(H2,22,23,25)(H,24,26,27). The maximum Gasteiger partial charge on any atom is 0.231 e. The molecule has 1 aromatic carbocycles. The largest absolute Gasteiger partial charge is 0.383 e. The van der Waals surface area contributed by atoms with Crippen LogP contribution in [0.3, 0.4) is 0 Å². The molecule has 4 rings (SSSR count). The summed E-state index contributed by atoms with van der Waals surface area (Å²) in [6, 6.07) is 4.70. The molecule has 0 amide bonds. The van der Waals surface area contributed by atoms with Gasteiger partial charge in [-0.15, -0.1) is 0 Å². The van der Waals surface area contributed by atoms with Gasteiger partial charge >= 0.3 is 0 Å². The number of H-pyrrole nitrogens is 1. The van der Waals surface area contributed by atoms with Crippen LogP contribution in [0.4, 0.5) is 26.2 Å². The number of hydrogen-bond acceptors (Lipinski definition) is 8. The first-order valence-electron chi connectivity index (χ1n) is 8.93. The molecule has 3 aromatic heterocycles. The molecule has 160 valence electrons. The topological polar surface area (TPSA) is 131 Å². The van der Waals surface area contributed by atoms with Crippen LogP contribution in [0, 0.1) is 18.6 Å². The first-order valence-corrected chi connectivity index (χ1v) is 10.8. The van der Waals surface area contributed by atoms with E-state index >= 15 is 0 Å². The van der Waals surface area contributed by atoms with Crippen molar-refractivity contribution in [1.29, 1.82) is 0 Å². The molecule has 3 heterocycles. The highest BCUT2D eigenvalue weighted by molar-refractivity contribution is 7.90. The number of benzene rings is 1. The molecule has 0 aliphatic rings. The lowest BCUT2D eigenvalue weighted by molar-refractivity contribution is 0.596. The van der Waals surface area contributed by atoms with Crippen molar-refractivity contribution < 1.29 is 17.2 Å². The molecule has 0 saturated heterocycles. The number of rotatable bonds is 4. The molecule has 12 heteroatoms. The zero-order valence-corrected chi connectivity index (χ0v) is 17.5. The van der Waals surface area contributed by atoms with Gasteiger partial charge in [0.25, 0.3) is 0 Å². The fraction of sp³-hybridized carbons (Fsp3) is 0.158. The Hall–Kier alpha value is -3.67. The Morgan fingerprint density at radius 3 is 2.55 bits per heavy atom. The van der Waals surface area contributed by atoms with Crippen LogP contribution in [0.1, 0.15) is 5.69 Å². The highest BCUT2D eigenvalue weighted by Gasteiger charge is 2.18. The van der Waals surface area contributed by atoms with Crippen molar-refractivity contribution >= 4 is 38.3 Å². The van der Waals surface area contributed by atoms with Crippen LogP contribution in [-0.4, -0.2) is 46.9 Å². The van der Waals surface area contributed by atoms with Crippen LogP contribution in [0.15, 0.2) is 35.4 Å². The van der Waals surface area contributed by atoms with Crippen molar-refractivity contribution in [2.45, 2.75) is 11.8 Å². The minimum absolute atomic E-state index is 0.0584. The van der Waals surface area contributed by atoms with Crippen LogP contribution in [0.2, 0.25) is 0 Å². The molecule has 0 atom stereocenters. The number of nitrogens with zero attached hydrogens (tertiary/aromatic N) is 5. The normalized spacial score (nSPS) is 11.8. The number of aromatic nitrogens is 5. The van der Waals surface area contributed by atoms with E-state index in [4.69, 9.17) is 5.73 Å². The number of nitrogens with one attached hydrogen (secondary N) is 1. The van der Waals surface area contributed by atoms with Gasteiger partial charge in [0.05, 0.1) is 21.8 Å². The first kappa shape index (κ1) is 20.6. The summed E-state index contributed by atoms with van der Waals surface area (Å²) in [5.41, 5.74) is 7.65. The van der Waals surface area contributed by atoms with Crippen LogP contribution in [0.5, 0.6) is 0 Å². The molecule has 0 bridgehead atoms. The van der Waals surface area contributed by atoms with Gasteiger partial charge in [-0.2, -0.15) is 10.1 Å². The van der Waals surface area contributed by atoms with Crippen molar-refractivity contribution in [3.63, 3.8) is 0 Å². The number of anilines is 3. The number of hydrogen-bond donors (Lipinski definition) is 2. The average Bonchev–Trinajstić information content (AvgIpc) is 3.09. The van der Waals surface area contributed by atoms with Gasteiger partial charge < -0.3 is 10.6 Å². The molecule has 0 fully saturated rings. The van der Waals surface area contributed by atoms with Gasteiger partial charge in [-0.3, -0.25) is 5.10 Å². The van der Waals surface area contributed by atoms with Gasteiger partial charge in [0, 0.05) is 30.6 Å². The van der Waals surface area contributed by atoms with Crippen LogP contribution in [0.25, 0.3) is 22.3 Å². The van der Waals surface area contributed by atoms with E-state index in [2.05, 4.69) is 25.1 Å². The fourth-order valence-electron chi connectivity index (χ4n) is 3.02. The Labute approximate surface area is 175 Å². The third kappa shape index (κ3) is 3.77. The lowest BCUT2D eigenvalue weighted by Crippen LogP contribution is -2.15. The molecule has 0 spiro atoms. The summed E-state index contributed by atoms with van der Waals surface area (Å²) in [7, 11) is -2.07. The third-order valence-corrected chi connectivity index (χ3v) is 5.81. The zero-order chi connectivity index (χ0) is 22.5. The molecule has 0 unspecified atom stereocenters. The number of fused-ring (bicyclic) bond motifs is 1. The zero-order valence-electron chi connectivity index (χ0n) is 16.7. The Morgan fingerprint density at radius 2 is 1.87 bits per heavy atom. The Morgan fingerprint density at radius 1 is 1.13 bits per heavy atom. The van der Waals surface area contributed by atoms with E-state index in [-0.39, 0.29) is 28.0 Å². The van der Waals surface area contributed by atoms with Gasteiger partial charge in [-0.1, -0.05) is 0 Å². The first-order chi connectivity index (χ1) is 14.5. The summed E-state index contributed by atoms with van der Waals surface area (Å²) in [4.78, 5) is 13.8. The van der Waals surface area contributed by atoms with Gasteiger partial charge in [0.1, 0.15) is 17.5 Å². The quantitative estimate of drug-likeness (QED) is 0.490. The van der Waals surface area contributed by atoms with Gasteiger partial charge in [0.2, 0.25) is 5.95 Å². The SMILES string of the molecule is Cc1nc2n[nH]c(-c3cnc(N(C)c4cc(F)cc(S(C)(=O)=O)c4)nc3N)c2cc1F. The number of pyridine rings is 1. The van der Waals surface area contributed by atoms with Gasteiger partial charge in [-0.05, 0) is 31.2 Å². The van der Waals surface area contributed by atoms with Crippen molar-refractivity contribution in [2.24, 2.45) is 0 Å². The van der Waals surface area contributed by atoms with E-state index in [9.17, 15) is 17.2 Å². The summed E-state index contributed by atoms with van der Waals surface area (Å²) in [5.74, 6) is -1.04. The summed E-state index contributed by atoms with van der Waals surface area (Å²) in [6.07, 6.45) is 2.40. The maximum atomic E-state index is 14.0. The molecule has 0 aliphatic heterocycles. The van der Waals surface area contributed by atoms with Crippen molar-refractivity contribution in [1.82, 2.24) is 25.1 Å². The highest BCUT2D eigenvalue weighted by Crippen LogP contribution is 2.31. The third-order valence-electron chi connectivity index (χ3n) is 4.72. The van der Waals surface area contributed by atoms with E-state index in [1.165, 1.54) is 30.2 Å². The minimum Gasteiger partial charge on any atom is -0.383 e. The summed E-state index contributed by atoms with van der Waals surface area (Å²) < 4.78 is 51.6. The molecule has 4 aromatic rings. The van der Waals surface area contributed by atoms with E-state index in [0.717, 1.165) is 18.4 Å². The molecular weight excluding hydrogens is 428 g/mol. The molecule has 9 nitrogen and oxygen atoms in total. The smallest absolute Gasteiger partial charge is 0.231 e. The Balaban J connectivity index is 1.75. The van der Waals surface area contributed by atoms with Crippen molar-refractivity contribution in [3.8, 4) is 11.3 Å². The minimum atomic E-state index is -3.62. The predicted octanol–water partition coefficient (Wildman–Crippen LogP) is 2.76. The van der Waals surface area contributed by atoms with Crippen LogP contribution in [-0.2, 0) is 9.84 Å². The van der Waals surface area contributed by atoms with Gasteiger partial charge in [0.15, 0.2) is 15.5 Å². The number of sulfone groups is 1. The number of nitrogen functional groups attached to an aromatic ring is 1. The van der Waals surface area contributed by atoms with E-state index in [1.807, 2.05) is 0 Å². The van der Waals surface area contributed by atoms with Crippen LogP contribution >= 0.6 is 0 Å². The average molecular weight is 445 g/mol. The van der Waals surface area contributed by atoms with Crippen molar-refractivity contribution in [2.75, 3.05) is 23.9 Å². The molecule has 31 heavy (non-hydrogen) atoms. The summed E-state index contributed by atoms with van der Waals surface area (Å²) in [5, 5.41) is 7.25. The number of aromatic amines is 1. The van der Waals surface area contributed by atoms with Crippen molar-refractivity contribution in [3.05, 3.63) is 47.8 Å². The molecular formula is C19H17F2N7O2S. The van der Waals surface area contributed by atoms with Crippen LogP contribution < -0.4 is 10.6 Å². The van der Waals surface area contributed by atoms with E-state index in [1.54, 1.807) is 7.05 Å². The maximum absolute atomic E-state index is 14.0. The van der Waals surface area contributed by atoms with Gasteiger partial charge in [-0.25, -0.2) is 27.2 Å². The lowest BCUT2D eigenvalue weighted by atomic mass is 10.1. The Bertz CT molecular complexity index is 1440. The molecule has 0 aliphatic carbocycles. The molecule has 0 saturated carbocycles. The lowest BCUT2D eigenvalue weighted by Gasteiger charge is -2.19. The molecule has 0 radical (unpaired) electrons. The summed E-state index contributed by atoms with van der Waals surface area (Å²) in [6.45, 7) is 1.53. The Kier molecular flexibility index (Phi) is 4.81. The monoisotopic (exact) mass is 445 g/mol. The second-order valence-corrected chi connectivity index (χ2v) is 8.99. The second-order valence-electron chi connectivity index (χ2n) is 6.97. The fourth-order valence-corrected chi connectivity index (χ4v) is 3.68. The predicted molar refractivity (Wildman–Crippen MR) is 112 cm³/mol. The number of nitrogens with two attached hydrogens (primary N) is 1. The van der Waals surface area contributed by atoms with E-state index < -0.39 is 21.5 Å². The highest BCUT2D eigenvalue weighted by atomic mass is 32.2. The number of aryl methyl sites for hydroxylation is 1. The van der Waals surface area contributed by atoms with E-state index in [0.29, 0.717) is 22.3 Å². The number of halogens is 2.